The number of esters is 1. The number of carbonyl (C=O) groups is 3. The lowest BCUT2D eigenvalue weighted by Gasteiger charge is -2.48. The number of sulfonamides is 1. The predicted octanol–water partition coefficient (Wildman–Crippen LogP) is 1.28. The molecule has 3 atom stereocenters. The number of amides is 2. The number of fused-ring (bicyclic) bond motifs is 1. The van der Waals surface area contributed by atoms with Crippen LogP contribution in [0.25, 0.3) is 10.8 Å². The standard InChI is InChI=1S/C28H38N6O6S/c1-3-40-26(37)28(2,20-9-6-14-33(17-20)27(30)31)34(21-11-12-21)25(36)23(16-24(29)35)32-41(38,39)22-13-10-18-7-4-5-8-19(18)15-22/h4-5,7-8,10,13,15,20-21,23,32H,3,6,9,11-12,14,16-17H2,1-2H3,(H2,29,35)(H3,30,31)/t20-,23-,28?/m0/s1. The molecule has 0 radical (unpaired) electrons. The molecular formula is C28H38N6O6S. The van der Waals surface area contributed by atoms with Gasteiger partial charge < -0.3 is 26.0 Å². The van der Waals surface area contributed by atoms with E-state index in [0.29, 0.717) is 37.6 Å². The van der Waals surface area contributed by atoms with Gasteiger partial charge in [0, 0.05) is 25.0 Å². The first-order chi connectivity index (χ1) is 19.4. The first-order valence-electron chi connectivity index (χ1n) is 13.8. The summed E-state index contributed by atoms with van der Waals surface area (Å²) < 4.78 is 34.9. The van der Waals surface area contributed by atoms with Crippen LogP contribution in [-0.4, -0.2) is 79.3 Å². The van der Waals surface area contributed by atoms with Crippen LogP contribution in [0.2, 0.25) is 0 Å². The van der Waals surface area contributed by atoms with Gasteiger partial charge in [0.1, 0.15) is 11.6 Å². The highest BCUT2D eigenvalue weighted by Crippen LogP contribution is 2.41. The Bertz CT molecular complexity index is 1440. The Morgan fingerprint density at radius 1 is 1.15 bits per heavy atom. The van der Waals surface area contributed by atoms with E-state index in [1.165, 1.54) is 17.0 Å². The largest absolute Gasteiger partial charge is 0.464 e. The maximum atomic E-state index is 14.3. The molecule has 2 fully saturated rings. The van der Waals surface area contributed by atoms with Gasteiger partial charge in [-0.2, -0.15) is 4.72 Å². The van der Waals surface area contributed by atoms with E-state index >= 15 is 0 Å². The fraction of sp³-hybridized carbons (Fsp3) is 0.500. The number of ether oxygens (including phenoxy) is 1. The van der Waals surface area contributed by atoms with Gasteiger partial charge >= 0.3 is 5.97 Å². The number of nitrogens with zero attached hydrogens (tertiary/aromatic N) is 2. The second-order valence-electron chi connectivity index (χ2n) is 10.8. The van der Waals surface area contributed by atoms with Crippen LogP contribution in [0.4, 0.5) is 0 Å². The Morgan fingerprint density at radius 3 is 2.44 bits per heavy atom. The quantitative estimate of drug-likeness (QED) is 0.172. The molecule has 2 amide bonds. The number of nitrogens with one attached hydrogen (secondary N) is 2. The summed E-state index contributed by atoms with van der Waals surface area (Å²) in [5.41, 5.74) is 9.74. The molecule has 0 bridgehead atoms. The summed E-state index contributed by atoms with van der Waals surface area (Å²) in [6.45, 7) is 4.14. The highest BCUT2D eigenvalue weighted by molar-refractivity contribution is 7.89. The molecule has 6 N–H and O–H groups in total. The Morgan fingerprint density at radius 2 is 1.83 bits per heavy atom. The molecule has 0 spiro atoms. The molecule has 1 aliphatic carbocycles. The number of nitrogens with two attached hydrogens (primary N) is 2. The van der Waals surface area contributed by atoms with Crippen LogP contribution in [0.15, 0.2) is 47.4 Å². The molecule has 13 heteroatoms. The van der Waals surface area contributed by atoms with Crippen molar-refractivity contribution < 1.29 is 27.5 Å². The van der Waals surface area contributed by atoms with Crippen molar-refractivity contribution in [3.05, 3.63) is 42.5 Å². The summed E-state index contributed by atoms with van der Waals surface area (Å²) in [7, 11) is -4.28. The number of guanidine groups is 1. The summed E-state index contributed by atoms with van der Waals surface area (Å²) >= 11 is 0. The van der Waals surface area contributed by atoms with Gasteiger partial charge in [-0.3, -0.25) is 15.0 Å². The summed E-state index contributed by atoms with van der Waals surface area (Å²) in [4.78, 5) is 43.0. The van der Waals surface area contributed by atoms with E-state index in [9.17, 15) is 22.8 Å². The van der Waals surface area contributed by atoms with Crippen LogP contribution >= 0.6 is 0 Å². The van der Waals surface area contributed by atoms with E-state index in [2.05, 4.69) is 4.72 Å². The lowest BCUT2D eigenvalue weighted by Crippen LogP contribution is -2.67. The number of piperidine rings is 1. The second-order valence-corrected chi connectivity index (χ2v) is 12.5. The minimum atomic E-state index is -4.28. The molecule has 2 aliphatic rings. The van der Waals surface area contributed by atoms with Crippen molar-refractivity contribution in [1.29, 1.82) is 5.41 Å². The third-order valence-electron chi connectivity index (χ3n) is 7.93. The van der Waals surface area contributed by atoms with Crippen molar-refractivity contribution in [2.75, 3.05) is 19.7 Å². The fourth-order valence-electron chi connectivity index (χ4n) is 5.65. The molecule has 2 aromatic carbocycles. The SMILES string of the molecule is CCOC(=O)C(C)([C@H]1CCCN(C(=N)N)C1)N(C(=O)[C@H](CC(N)=O)NS(=O)(=O)c1ccc2ccccc2c1)C1CC1. The zero-order valence-corrected chi connectivity index (χ0v) is 24.2. The van der Waals surface area contributed by atoms with E-state index in [4.69, 9.17) is 21.6 Å². The topological polar surface area (TPSA) is 189 Å². The van der Waals surface area contributed by atoms with Crippen LogP contribution in [0.5, 0.6) is 0 Å². The molecule has 222 valence electrons. The van der Waals surface area contributed by atoms with Crippen LogP contribution in [0.1, 0.15) is 46.0 Å². The fourth-order valence-corrected chi connectivity index (χ4v) is 6.88. The van der Waals surface area contributed by atoms with E-state index in [1.807, 2.05) is 12.1 Å². The molecule has 12 nitrogen and oxygen atoms in total. The van der Waals surface area contributed by atoms with Crippen LogP contribution < -0.4 is 16.2 Å². The zero-order chi connectivity index (χ0) is 29.9. The Labute approximate surface area is 239 Å². The van der Waals surface area contributed by atoms with Crippen molar-refractivity contribution >= 4 is 44.5 Å². The van der Waals surface area contributed by atoms with Crippen LogP contribution in [0.3, 0.4) is 0 Å². The third-order valence-corrected chi connectivity index (χ3v) is 9.40. The number of benzene rings is 2. The smallest absolute Gasteiger partial charge is 0.332 e. The van der Waals surface area contributed by atoms with Gasteiger partial charge in [-0.1, -0.05) is 30.3 Å². The molecule has 1 aliphatic heterocycles. The Kier molecular flexibility index (Phi) is 8.88. The zero-order valence-electron chi connectivity index (χ0n) is 23.3. The molecule has 1 saturated carbocycles. The van der Waals surface area contributed by atoms with Crippen LogP contribution in [-0.2, 0) is 29.1 Å². The maximum absolute atomic E-state index is 14.3. The third kappa shape index (κ3) is 6.46. The second kappa shape index (κ2) is 12.0. The monoisotopic (exact) mass is 586 g/mol. The Hall–Kier alpha value is -3.71. The lowest BCUT2D eigenvalue weighted by molar-refractivity contribution is -0.170. The van der Waals surface area contributed by atoms with Gasteiger partial charge in [0.15, 0.2) is 5.96 Å². The van der Waals surface area contributed by atoms with Gasteiger partial charge in [-0.25, -0.2) is 13.2 Å². The number of likely N-dealkylation sites (tertiary alicyclic amines) is 1. The van der Waals surface area contributed by atoms with Gasteiger partial charge in [-0.15, -0.1) is 0 Å². The highest BCUT2D eigenvalue weighted by atomic mass is 32.2. The van der Waals surface area contributed by atoms with Gasteiger partial charge in [0.05, 0.1) is 17.9 Å². The molecule has 41 heavy (non-hydrogen) atoms. The maximum Gasteiger partial charge on any atom is 0.332 e. The molecular weight excluding hydrogens is 548 g/mol. The van der Waals surface area contributed by atoms with Crippen molar-refractivity contribution in [3.63, 3.8) is 0 Å². The van der Waals surface area contributed by atoms with Crippen molar-refractivity contribution in [2.24, 2.45) is 17.4 Å². The minimum Gasteiger partial charge on any atom is -0.464 e. The number of rotatable bonds is 11. The van der Waals surface area contributed by atoms with Crippen molar-refractivity contribution in [1.82, 2.24) is 14.5 Å². The number of primary amides is 1. The van der Waals surface area contributed by atoms with Crippen molar-refractivity contribution in [3.8, 4) is 0 Å². The molecule has 0 aromatic heterocycles. The summed E-state index contributed by atoms with van der Waals surface area (Å²) in [5.74, 6) is -2.84. The highest BCUT2D eigenvalue weighted by Gasteiger charge is 2.56. The van der Waals surface area contributed by atoms with Crippen LogP contribution in [0, 0.1) is 11.3 Å². The molecule has 1 saturated heterocycles. The summed E-state index contributed by atoms with van der Waals surface area (Å²) in [6.07, 6.45) is 1.79. The number of carbonyl (C=O) groups excluding carboxylic acids is 3. The van der Waals surface area contributed by atoms with Gasteiger partial charge in [-0.05, 0) is 62.4 Å². The summed E-state index contributed by atoms with van der Waals surface area (Å²) in [5, 5.41) is 9.45. The van der Waals surface area contributed by atoms with E-state index in [0.717, 1.165) is 5.39 Å². The normalized spacial score (nSPS) is 19.7. The van der Waals surface area contributed by atoms with E-state index < -0.39 is 51.7 Å². The van der Waals surface area contributed by atoms with E-state index in [-0.39, 0.29) is 30.0 Å². The first kappa shape index (κ1) is 30.3. The number of hydrogen-bond donors (Lipinski definition) is 4. The lowest BCUT2D eigenvalue weighted by atomic mass is 9.78. The minimum absolute atomic E-state index is 0.0730. The molecule has 4 rings (SSSR count). The molecule has 1 heterocycles. The Balaban J connectivity index is 1.72. The first-order valence-corrected chi connectivity index (χ1v) is 15.3. The molecule has 1 unspecified atom stereocenters. The summed E-state index contributed by atoms with van der Waals surface area (Å²) in [6, 6.07) is 9.91. The van der Waals surface area contributed by atoms with Crippen molar-refractivity contribution in [2.45, 2.75) is 68.5 Å². The van der Waals surface area contributed by atoms with Gasteiger partial charge in [0.25, 0.3) is 0 Å². The van der Waals surface area contributed by atoms with Gasteiger partial charge in [0.2, 0.25) is 21.8 Å². The predicted molar refractivity (Wildman–Crippen MR) is 153 cm³/mol. The average molecular weight is 587 g/mol. The van der Waals surface area contributed by atoms with E-state index in [1.54, 1.807) is 36.9 Å². The average Bonchev–Trinajstić information content (AvgIpc) is 3.77. The molecule has 2 aromatic rings. The number of hydrogen-bond acceptors (Lipinski definition) is 7.